The number of aryl methyl sites for hydroxylation is 1. The summed E-state index contributed by atoms with van der Waals surface area (Å²) in [4.78, 5) is 3.62. The van der Waals surface area contributed by atoms with Crippen molar-refractivity contribution in [3.63, 3.8) is 0 Å². The first kappa shape index (κ1) is 18.1. The van der Waals surface area contributed by atoms with Gasteiger partial charge in [-0.3, -0.25) is 0 Å². The molecule has 0 bridgehead atoms. The van der Waals surface area contributed by atoms with Crippen molar-refractivity contribution in [2.75, 3.05) is 11.9 Å². The van der Waals surface area contributed by atoms with E-state index in [0.717, 1.165) is 4.57 Å². The molecule has 0 aliphatic rings. The highest BCUT2D eigenvalue weighted by Gasteiger charge is 2.57. The first-order chi connectivity index (χ1) is 11.2. The lowest BCUT2D eigenvalue weighted by molar-refractivity contribution is -0.271. The lowest BCUT2D eigenvalue weighted by atomic mass is 9.97. The number of hydrogen-bond acceptors (Lipinski definition) is 4. The molecule has 0 amide bonds. The first-order valence-electron chi connectivity index (χ1n) is 6.89. The van der Waals surface area contributed by atoms with Crippen LogP contribution in [0.4, 0.5) is 18.9 Å². The van der Waals surface area contributed by atoms with Gasteiger partial charge < -0.3 is 15.0 Å². The van der Waals surface area contributed by atoms with Gasteiger partial charge in [-0.05, 0) is 18.2 Å². The Kier molecular flexibility index (Phi) is 5.06. The fourth-order valence-corrected chi connectivity index (χ4v) is 2.47. The smallest absolute Gasteiger partial charge is 0.385 e. The minimum absolute atomic E-state index is 0.175. The molecule has 128 valence electrons. The number of benzene rings is 1. The fourth-order valence-electron chi connectivity index (χ4n) is 2.25. The second kappa shape index (κ2) is 6.71. The summed E-state index contributed by atoms with van der Waals surface area (Å²) in [5, 5.41) is 21.9. The van der Waals surface area contributed by atoms with Gasteiger partial charge in [-0.1, -0.05) is 11.6 Å². The molecular formula is C15H14ClF3N4O. The number of rotatable bonds is 5. The van der Waals surface area contributed by atoms with Gasteiger partial charge in [0.2, 0.25) is 5.60 Å². The number of anilines is 1. The van der Waals surface area contributed by atoms with Crippen LogP contribution in [0.25, 0.3) is 0 Å². The molecule has 24 heavy (non-hydrogen) atoms. The quantitative estimate of drug-likeness (QED) is 0.860. The van der Waals surface area contributed by atoms with Gasteiger partial charge in [0.15, 0.2) is 0 Å². The largest absolute Gasteiger partial charge is 0.424 e. The molecule has 2 aromatic rings. The Morgan fingerprint density at radius 2 is 2.12 bits per heavy atom. The molecule has 0 aliphatic carbocycles. The molecule has 0 aliphatic heterocycles. The molecule has 2 N–H and O–H groups in total. The lowest BCUT2D eigenvalue weighted by Gasteiger charge is -2.30. The molecular weight excluding hydrogens is 345 g/mol. The predicted octanol–water partition coefficient (Wildman–Crippen LogP) is 3.20. The van der Waals surface area contributed by atoms with Crippen LogP contribution in [-0.4, -0.2) is 27.4 Å². The van der Waals surface area contributed by atoms with Crippen LogP contribution in [0, 0.1) is 11.3 Å². The van der Waals surface area contributed by atoms with Gasteiger partial charge in [0.05, 0.1) is 10.6 Å². The highest BCUT2D eigenvalue weighted by Crippen LogP contribution is 2.40. The summed E-state index contributed by atoms with van der Waals surface area (Å²) in [6.07, 6.45) is -2.99. The number of nitriles is 1. The number of nitrogens with one attached hydrogen (secondary N) is 1. The number of aliphatic hydroxyl groups is 1. The van der Waals surface area contributed by atoms with E-state index in [9.17, 15) is 18.3 Å². The van der Waals surface area contributed by atoms with Crippen LogP contribution in [0.1, 0.15) is 17.8 Å². The number of hydrogen-bond donors (Lipinski definition) is 2. The van der Waals surface area contributed by atoms with Gasteiger partial charge in [0.1, 0.15) is 11.9 Å². The maximum absolute atomic E-state index is 13.3. The third-order valence-electron chi connectivity index (χ3n) is 3.57. The monoisotopic (exact) mass is 358 g/mol. The van der Waals surface area contributed by atoms with Gasteiger partial charge in [-0.25, -0.2) is 4.98 Å². The second-order valence-electron chi connectivity index (χ2n) is 5.20. The van der Waals surface area contributed by atoms with Gasteiger partial charge in [-0.2, -0.15) is 18.4 Å². The summed E-state index contributed by atoms with van der Waals surface area (Å²) in [6.45, 7) is -0.175. The Labute approximate surface area is 141 Å². The van der Waals surface area contributed by atoms with Crippen LogP contribution < -0.4 is 5.32 Å². The Morgan fingerprint density at radius 3 is 2.62 bits per heavy atom. The molecule has 0 saturated heterocycles. The van der Waals surface area contributed by atoms with Crippen LogP contribution in [0.15, 0.2) is 30.6 Å². The standard InChI is InChI=1S/C15H14ClF3N4O/c1-23-7-6-22-13(23)14(24,15(17,18)19)4-5-21-11-3-2-10(9-20)12(16)8-11/h2-3,6-8,21,24H,4-5H2,1H3. The third-order valence-corrected chi connectivity index (χ3v) is 3.88. The SMILES string of the molecule is Cn1ccnc1C(O)(CCNc1ccc(C#N)c(Cl)c1)C(F)(F)F. The molecule has 1 heterocycles. The van der Waals surface area contributed by atoms with Crippen LogP contribution >= 0.6 is 11.6 Å². The van der Waals surface area contributed by atoms with Crippen molar-refractivity contribution in [2.45, 2.75) is 18.2 Å². The van der Waals surface area contributed by atoms with Crippen molar-refractivity contribution in [1.82, 2.24) is 9.55 Å². The van der Waals surface area contributed by atoms with Crippen LogP contribution in [0.5, 0.6) is 0 Å². The van der Waals surface area contributed by atoms with Crippen LogP contribution in [0.2, 0.25) is 5.02 Å². The Balaban J connectivity index is 2.14. The summed E-state index contributed by atoms with van der Waals surface area (Å²) in [5.74, 6) is -0.477. The van der Waals surface area contributed by atoms with Gasteiger partial charge in [0.25, 0.3) is 0 Å². The molecule has 1 aromatic carbocycles. The average molecular weight is 359 g/mol. The molecule has 0 radical (unpaired) electrons. The number of aromatic nitrogens is 2. The molecule has 0 spiro atoms. The van der Waals surface area contributed by atoms with Crippen molar-refractivity contribution < 1.29 is 18.3 Å². The minimum atomic E-state index is -4.88. The maximum atomic E-state index is 13.3. The molecule has 1 atom stereocenters. The zero-order valence-electron chi connectivity index (χ0n) is 12.6. The zero-order valence-corrected chi connectivity index (χ0v) is 13.4. The van der Waals surface area contributed by atoms with E-state index in [1.165, 1.54) is 37.6 Å². The Hall–Kier alpha value is -2.24. The van der Waals surface area contributed by atoms with Gasteiger partial charge in [-0.15, -0.1) is 0 Å². The molecule has 1 aromatic heterocycles. The van der Waals surface area contributed by atoms with Crippen molar-refractivity contribution in [3.8, 4) is 6.07 Å². The predicted molar refractivity (Wildman–Crippen MR) is 82.4 cm³/mol. The summed E-state index contributed by atoms with van der Waals surface area (Å²) in [7, 11) is 1.38. The summed E-state index contributed by atoms with van der Waals surface area (Å²) in [6, 6.07) is 6.31. The van der Waals surface area contributed by atoms with Crippen molar-refractivity contribution in [3.05, 3.63) is 47.0 Å². The Bertz CT molecular complexity index is 769. The van der Waals surface area contributed by atoms with E-state index in [4.69, 9.17) is 16.9 Å². The number of nitrogens with zero attached hydrogens (tertiary/aromatic N) is 3. The highest BCUT2D eigenvalue weighted by atomic mass is 35.5. The molecule has 0 fully saturated rings. The highest BCUT2D eigenvalue weighted by molar-refractivity contribution is 6.32. The van der Waals surface area contributed by atoms with E-state index in [0.29, 0.717) is 5.69 Å². The molecule has 2 rings (SSSR count). The third kappa shape index (κ3) is 3.47. The normalized spacial score (nSPS) is 14.0. The van der Waals surface area contributed by atoms with E-state index < -0.39 is 24.0 Å². The van der Waals surface area contributed by atoms with E-state index >= 15 is 0 Å². The van der Waals surface area contributed by atoms with Crippen molar-refractivity contribution in [2.24, 2.45) is 7.05 Å². The number of imidazole rings is 1. The van der Waals surface area contributed by atoms with E-state index in [1.807, 2.05) is 6.07 Å². The lowest BCUT2D eigenvalue weighted by Crippen LogP contribution is -2.45. The summed E-state index contributed by atoms with van der Waals surface area (Å²) >= 11 is 5.87. The van der Waals surface area contributed by atoms with Gasteiger partial charge in [0, 0.05) is 38.1 Å². The molecule has 9 heteroatoms. The van der Waals surface area contributed by atoms with Crippen molar-refractivity contribution in [1.29, 1.82) is 5.26 Å². The fraction of sp³-hybridized carbons (Fsp3) is 0.333. The first-order valence-corrected chi connectivity index (χ1v) is 7.27. The second-order valence-corrected chi connectivity index (χ2v) is 5.61. The minimum Gasteiger partial charge on any atom is -0.385 e. The number of halogens is 4. The molecule has 1 unspecified atom stereocenters. The average Bonchev–Trinajstić information content (AvgIpc) is 2.92. The summed E-state index contributed by atoms with van der Waals surface area (Å²) in [5.41, 5.74) is -2.36. The summed E-state index contributed by atoms with van der Waals surface area (Å²) < 4.78 is 41.2. The molecule has 0 saturated carbocycles. The Morgan fingerprint density at radius 1 is 1.42 bits per heavy atom. The van der Waals surface area contributed by atoms with E-state index in [1.54, 1.807) is 0 Å². The van der Waals surface area contributed by atoms with E-state index in [2.05, 4.69) is 10.3 Å². The molecule has 5 nitrogen and oxygen atoms in total. The van der Waals surface area contributed by atoms with Crippen LogP contribution in [-0.2, 0) is 12.6 Å². The maximum Gasteiger partial charge on any atom is 0.424 e. The van der Waals surface area contributed by atoms with Crippen molar-refractivity contribution >= 4 is 17.3 Å². The van der Waals surface area contributed by atoms with Crippen LogP contribution in [0.3, 0.4) is 0 Å². The topological polar surface area (TPSA) is 73.9 Å². The number of alkyl halides is 3. The van der Waals surface area contributed by atoms with Gasteiger partial charge >= 0.3 is 6.18 Å². The van der Waals surface area contributed by atoms with E-state index in [-0.39, 0.29) is 17.1 Å². The zero-order chi connectivity index (χ0) is 18.0.